The summed E-state index contributed by atoms with van der Waals surface area (Å²) in [5, 5.41) is 0. The van der Waals surface area contributed by atoms with Gasteiger partial charge in [-0.05, 0) is 67.6 Å². The predicted molar refractivity (Wildman–Crippen MR) is 118 cm³/mol. The summed E-state index contributed by atoms with van der Waals surface area (Å²) >= 11 is 0. The molecule has 5 heteroatoms. The molecule has 30 heavy (non-hydrogen) atoms. The molecule has 0 aromatic heterocycles. The van der Waals surface area contributed by atoms with Crippen molar-refractivity contribution < 1.29 is 9.13 Å². The van der Waals surface area contributed by atoms with E-state index in [1.54, 1.807) is 6.07 Å². The Bertz CT molecular complexity index is 986. The quantitative estimate of drug-likeness (QED) is 0.835. The predicted octanol–water partition coefficient (Wildman–Crippen LogP) is 4.04. The van der Waals surface area contributed by atoms with E-state index < -0.39 is 0 Å². The second kappa shape index (κ2) is 8.32. The van der Waals surface area contributed by atoms with Crippen molar-refractivity contribution in [1.82, 2.24) is 4.90 Å². The Kier molecular flexibility index (Phi) is 5.40. The van der Waals surface area contributed by atoms with E-state index in [4.69, 9.17) is 10.5 Å². The number of fused-ring (bicyclic) bond motifs is 1. The van der Waals surface area contributed by atoms with Gasteiger partial charge < -0.3 is 10.5 Å². The summed E-state index contributed by atoms with van der Waals surface area (Å²) in [7, 11) is 0. The smallest absolute Gasteiger partial charge is 0.139 e. The molecule has 0 bridgehead atoms. The molecule has 3 aliphatic rings. The Morgan fingerprint density at radius 1 is 1.13 bits per heavy atom. The van der Waals surface area contributed by atoms with Crippen molar-refractivity contribution in [3.63, 3.8) is 0 Å². The number of hydrogen-bond donors (Lipinski definition) is 1. The van der Waals surface area contributed by atoms with Crippen molar-refractivity contribution in [1.29, 1.82) is 0 Å². The Morgan fingerprint density at radius 2 is 2.03 bits per heavy atom. The lowest BCUT2D eigenvalue weighted by Gasteiger charge is -2.43. The van der Waals surface area contributed by atoms with Gasteiger partial charge in [-0.3, -0.25) is 9.89 Å². The van der Waals surface area contributed by atoms with Crippen molar-refractivity contribution >= 4 is 5.71 Å². The Morgan fingerprint density at radius 3 is 2.87 bits per heavy atom. The van der Waals surface area contributed by atoms with Crippen molar-refractivity contribution in [2.45, 2.75) is 43.9 Å². The van der Waals surface area contributed by atoms with E-state index in [1.807, 2.05) is 12.2 Å². The van der Waals surface area contributed by atoms with Crippen LogP contribution in [0.25, 0.3) is 0 Å². The fourth-order valence-electron chi connectivity index (χ4n) is 5.04. The fourth-order valence-corrected chi connectivity index (χ4v) is 5.04. The van der Waals surface area contributed by atoms with Crippen LogP contribution in [0.5, 0.6) is 5.75 Å². The van der Waals surface area contributed by atoms with E-state index in [-0.39, 0.29) is 24.0 Å². The van der Waals surface area contributed by atoms with Crippen molar-refractivity contribution in [2.24, 2.45) is 10.7 Å². The highest BCUT2D eigenvalue weighted by molar-refractivity contribution is 6.11. The maximum absolute atomic E-state index is 14.1. The summed E-state index contributed by atoms with van der Waals surface area (Å²) in [4.78, 5) is 7.00. The lowest BCUT2D eigenvalue weighted by molar-refractivity contribution is 0.0366. The number of ether oxygens (including phenoxy) is 1. The lowest BCUT2D eigenvalue weighted by atomic mass is 9.84. The maximum atomic E-state index is 14.1. The molecular formula is C25H28FN3O. The summed E-state index contributed by atoms with van der Waals surface area (Å²) in [6.45, 7) is 2.58. The molecule has 0 saturated carbocycles. The summed E-state index contributed by atoms with van der Waals surface area (Å²) in [6, 6.07) is 13.8. The topological polar surface area (TPSA) is 50.8 Å². The molecule has 3 atom stereocenters. The number of aliphatic imine (C=N–C) groups is 1. The van der Waals surface area contributed by atoms with E-state index in [9.17, 15) is 4.39 Å². The molecule has 1 aliphatic carbocycles. The minimum absolute atomic E-state index is 0.115. The molecular weight excluding hydrogens is 377 g/mol. The van der Waals surface area contributed by atoms with Crippen LogP contribution in [0.1, 0.15) is 42.1 Å². The number of benzene rings is 2. The van der Waals surface area contributed by atoms with Gasteiger partial charge in [0.05, 0.1) is 18.3 Å². The lowest BCUT2D eigenvalue weighted by Crippen LogP contribution is -2.51. The number of hydrogen-bond acceptors (Lipinski definition) is 4. The van der Waals surface area contributed by atoms with Gasteiger partial charge in [0, 0.05) is 18.2 Å². The second-order valence-corrected chi connectivity index (χ2v) is 8.51. The Hall–Kier alpha value is -2.50. The maximum Gasteiger partial charge on any atom is 0.139 e. The van der Waals surface area contributed by atoms with Gasteiger partial charge in [0.25, 0.3) is 0 Å². The van der Waals surface area contributed by atoms with Gasteiger partial charge in [0.1, 0.15) is 17.7 Å². The number of nitrogens with zero attached hydrogens (tertiary/aromatic N) is 2. The normalized spacial score (nSPS) is 26.3. The first-order valence-electron chi connectivity index (χ1n) is 10.9. The van der Waals surface area contributed by atoms with Crippen molar-refractivity contribution in [3.05, 3.63) is 77.1 Å². The molecule has 4 nitrogen and oxygen atoms in total. The molecule has 2 heterocycles. The number of nitrogens with two attached hydrogens (primary N) is 1. The zero-order valence-corrected chi connectivity index (χ0v) is 17.1. The average molecular weight is 406 g/mol. The first-order chi connectivity index (χ1) is 14.7. The first-order valence-corrected chi connectivity index (χ1v) is 10.9. The molecule has 5 rings (SSSR count). The monoisotopic (exact) mass is 405 g/mol. The van der Waals surface area contributed by atoms with Gasteiger partial charge in [-0.25, -0.2) is 4.39 Å². The minimum Gasteiger partial charge on any atom is -0.483 e. The first kappa shape index (κ1) is 19.5. The molecule has 0 spiro atoms. The number of allylic oxidation sites excluding steroid dienone is 1. The van der Waals surface area contributed by atoms with Crippen LogP contribution in [-0.4, -0.2) is 42.3 Å². The van der Waals surface area contributed by atoms with Crippen LogP contribution in [0, 0.1) is 5.82 Å². The molecule has 156 valence electrons. The second-order valence-electron chi connectivity index (χ2n) is 8.51. The number of aryl methyl sites for hydroxylation is 1. The van der Waals surface area contributed by atoms with Crippen LogP contribution in [0.15, 0.2) is 59.6 Å². The highest BCUT2D eigenvalue weighted by Gasteiger charge is 2.37. The SMILES string of the molecule is N[C@@H]1CCCN([C@H]2CCc3ccccc3[C@@H]2Oc2ccc(F)cc2C2=NCC=C2)C1. The molecule has 0 radical (unpaired) electrons. The number of halogens is 1. The van der Waals surface area contributed by atoms with Crippen LogP contribution in [0.3, 0.4) is 0 Å². The largest absolute Gasteiger partial charge is 0.483 e. The van der Waals surface area contributed by atoms with Crippen molar-refractivity contribution in [2.75, 3.05) is 19.6 Å². The van der Waals surface area contributed by atoms with Gasteiger partial charge >= 0.3 is 0 Å². The standard InChI is InChI=1S/C25H28FN3O/c26-18-10-12-24(21(15-18)22-8-3-13-28-22)30-25-20-7-2-1-5-17(20)9-11-23(25)29-14-4-6-19(27)16-29/h1-3,5,7-8,10,12,15,19,23,25H,4,6,9,11,13-14,16,27H2/t19-,23+,25+/m1/s1. The highest BCUT2D eigenvalue weighted by Crippen LogP contribution is 2.38. The zero-order valence-electron chi connectivity index (χ0n) is 17.1. The molecule has 0 amide bonds. The summed E-state index contributed by atoms with van der Waals surface area (Å²) in [5.74, 6) is 0.414. The average Bonchev–Trinajstić information content (AvgIpc) is 3.30. The third kappa shape index (κ3) is 3.80. The Balaban J connectivity index is 1.52. The van der Waals surface area contributed by atoms with Crippen LogP contribution in [0.4, 0.5) is 4.39 Å². The van der Waals surface area contributed by atoms with Crippen LogP contribution in [0.2, 0.25) is 0 Å². The van der Waals surface area contributed by atoms with Gasteiger partial charge in [-0.1, -0.05) is 30.3 Å². The van der Waals surface area contributed by atoms with E-state index in [0.717, 1.165) is 50.0 Å². The molecule has 2 aromatic carbocycles. The van der Waals surface area contributed by atoms with E-state index in [2.05, 4.69) is 34.2 Å². The number of rotatable bonds is 4. The number of likely N-dealkylation sites (tertiary alicyclic amines) is 1. The molecule has 0 unspecified atom stereocenters. The highest BCUT2D eigenvalue weighted by atomic mass is 19.1. The molecule has 2 aliphatic heterocycles. The summed E-state index contributed by atoms with van der Waals surface area (Å²) in [5.41, 5.74) is 10.4. The van der Waals surface area contributed by atoms with Crippen molar-refractivity contribution in [3.8, 4) is 5.75 Å². The van der Waals surface area contributed by atoms with Crippen LogP contribution in [-0.2, 0) is 6.42 Å². The van der Waals surface area contributed by atoms with Gasteiger partial charge in [0.2, 0.25) is 0 Å². The zero-order chi connectivity index (χ0) is 20.5. The third-order valence-electron chi connectivity index (χ3n) is 6.49. The summed E-state index contributed by atoms with van der Waals surface area (Å²) in [6.07, 6.45) is 8.09. The van der Waals surface area contributed by atoms with Crippen LogP contribution < -0.4 is 10.5 Å². The van der Waals surface area contributed by atoms with E-state index in [1.165, 1.54) is 23.3 Å². The molecule has 1 fully saturated rings. The molecule has 2 N–H and O–H groups in total. The molecule has 1 saturated heterocycles. The van der Waals surface area contributed by atoms with Crippen LogP contribution >= 0.6 is 0 Å². The van der Waals surface area contributed by atoms with Gasteiger partial charge in [-0.15, -0.1) is 0 Å². The number of piperidine rings is 1. The summed E-state index contributed by atoms with van der Waals surface area (Å²) < 4.78 is 20.8. The Labute approximate surface area is 177 Å². The fraction of sp³-hybridized carbons (Fsp3) is 0.400. The van der Waals surface area contributed by atoms with Gasteiger partial charge in [-0.2, -0.15) is 0 Å². The van der Waals surface area contributed by atoms with Gasteiger partial charge in [0.15, 0.2) is 0 Å². The van der Waals surface area contributed by atoms with E-state index >= 15 is 0 Å². The molecule has 2 aromatic rings. The van der Waals surface area contributed by atoms with E-state index in [0.29, 0.717) is 12.3 Å². The third-order valence-corrected chi connectivity index (χ3v) is 6.49. The minimum atomic E-state index is -0.275.